The van der Waals surface area contributed by atoms with Gasteiger partial charge in [0.25, 0.3) is 0 Å². The van der Waals surface area contributed by atoms with Crippen LogP contribution in [0.25, 0.3) is 0 Å². The normalized spacial score (nSPS) is 13.9. The van der Waals surface area contributed by atoms with Gasteiger partial charge in [0.15, 0.2) is 0 Å². The molecule has 0 saturated heterocycles. The van der Waals surface area contributed by atoms with Crippen molar-refractivity contribution in [2.75, 3.05) is 6.61 Å². The highest BCUT2D eigenvalue weighted by atomic mass is 16.3. The summed E-state index contributed by atoms with van der Waals surface area (Å²) in [5.41, 5.74) is 0. The molecule has 0 aliphatic carbocycles. The Morgan fingerprint density at radius 1 is 0.500 bits per heavy atom. The Labute approximate surface area is 324 Å². The highest BCUT2D eigenvalue weighted by Gasteiger charge is 2.20. The van der Waals surface area contributed by atoms with Crippen molar-refractivity contribution in [2.24, 2.45) is 0 Å². The molecular formula is C47H89NO4. The molecule has 3 unspecified atom stereocenters. The fourth-order valence-corrected chi connectivity index (χ4v) is 6.92. The van der Waals surface area contributed by atoms with Crippen molar-refractivity contribution in [2.45, 2.75) is 250 Å². The molecule has 0 aliphatic heterocycles. The standard InChI is InChI=1S/C47H89NO4/c1-3-5-7-9-11-13-15-17-18-19-20-21-22-23-24-25-26-27-29-31-33-35-37-39-41-46(51)45(43-49)48-47(52)42-44(50)40-38-36-34-32-30-28-16-14-12-10-8-6-4-2/h12,14,16,28,39,41,44-46,49-51H,3-11,13,15,17-27,29-38,40,42-43H2,1-2H3,(H,48,52)/b14-12-,28-16-,41-39+. The lowest BCUT2D eigenvalue weighted by Gasteiger charge is -2.21. The van der Waals surface area contributed by atoms with Gasteiger partial charge in [-0.3, -0.25) is 4.79 Å². The molecule has 0 heterocycles. The molecule has 0 aliphatic rings. The summed E-state index contributed by atoms with van der Waals surface area (Å²) >= 11 is 0. The highest BCUT2D eigenvalue weighted by molar-refractivity contribution is 5.76. The fraction of sp³-hybridized carbons (Fsp3) is 0.851. The number of aliphatic hydroxyl groups excluding tert-OH is 3. The van der Waals surface area contributed by atoms with Gasteiger partial charge in [0.05, 0.1) is 31.3 Å². The number of aliphatic hydroxyl groups is 3. The van der Waals surface area contributed by atoms with E-state index in [2.05, 4.69) is 43.5 Å². The first-order chi connectivity index (χ1) is 25.5. The number of allylic oxidation sites excluding steroid dienone is 5. The van der Waals surface area contributed by atoms with Crippen molar-refractivity contribution >= 4 is 5.91 Å². The van der Waals surface area contributed by atoms with Crippen LogP contribution in [0.5, 0.6) is 0 Å². The van der Waals surface area contributed by atoms with Gasteiger partial charge in [-0.25, -0.2) is 0 Å². The first-order valence-electron chi connectivity index (χ1n) is 22.8. The molecule has 0 aromatic carbocycles. The van der Waals surface area contributed by atoms with Crippen molar-refractivity contribution < 1.29 is 20.1 Å². The summed E-state index contributed by atoms with van der Waals surface area (Å²) < 4.78 is 0. The van der Waals surface area contributed by atoms with Gasteiger partial charge in [0, 0.05) is 0 Å². The van der Waals surface area contributed by atoms with Crippen LogP contribution in [0.2, 0.25) is 0 Å². The first kappa shape index (κ1) is 50.6. The summed E-state index contributed by atoms with van der Waals surface area (Å²) in [6.45, 7) is 4.18. The van der Waals surface area contributed by atoms with Crippen LogP contribution < -0.4 is 5.32 Å². The molecule has 0 fully saturated rings. The second-order valence-corrected chi connectivity index (χ2v) is 15.7. The van der Waals surface area contributed by atoms with Gasteiger partial charge in [0.1, 0.15) is 0 Å². The Morgan fingerprint density at radius 2 is 0.846 bits per heavy atom. The van der Waals surface area contributed by atoms with Gasteiger partial charge in [-0.2, -0.15) is 0 Å². The fourth-order valence-electron chi connectivity index (χ4n) is 6.92. The third kappa shape index (κ3) is 38.3. The Kier molecular flexibility index (Phi) is 41.1. The number of amides is 1. The Hall–Kier alpha value is -1.43. The molecule has 5 nitrogen and oxygen atoms in total. The van der Waals surface area contributed by atoms with E-state index in [1.165, 1.54) is 154 Å². The van der Waals surface area contributed by atoms with Gasteiger partial charge < -0.3 is 20.6 Å². The van der Waals surface area contributed by atoms with E-state index in [1.807, 2.05) is 6.08 Å². The van der Waals surface area contributed by atoms with Crippen molar-refractivity contribution in [1.82, 2.24) is 5.32 Å². The van der Waals surface area contributed by atoms with Crippen molar-refractivity contribution in [3.63, 3.8) is 0 Å². The highest BCUT2D eigenvalue weighted by Crippen LogP contribution is 2.16. The van der Waals surface area contributed by atoms with Crippen LogP contribution in [0.1, 0.15) is 232 Å². The summed E-state index contributed by atoms with van der Waals surface area (Å²) in [7, 11) is 0. The Balaban J connectivity index is 3.63. The van der Waals surface area contributed by atoms with Crippen molar-refractivity contribution in [3.05, 3.63) is 36.5 Å². The van der Waals surface area contributed by atoms with E-state index in [-0.39, 0.29) is 18.9 Å². The molecule has 0 aromatic rings. The molecule has 306 valence electrons. The molecule has 3 atom stereocenters. The van der Waals surface area contributed by atoms with Gasteiger partial charge >= 0.3 is 0 Å². The third-order valence-electron chi connectivity index (χ3n) is 10.4. The van der Waals surface area contributed by atoms with Gasteiger partial charge in [-0.1, -0.05) is 217 Å². The molecule has 0 saturated carbocycles. The molecule has 0 bridgehead atoms. The molecule has 0 radical (unpaired) electrons. The molecule has 1 amide bonds. The summed E-state index contributed by atoms with van der Waals surface area (Å²) in [6.07, 6.45) is 52.9. The Bertz CT molecular complexity index is 809. The average Bonchev–Trinajstić information content (AvgIpc) is 3.14. The number of hydrogen-bond acceptors (Lipinski definition) is 4. The number of carbonyl (C=O) groups excluding carboxylic acids is 1. The molecule has 0 spiro atoms. The number of hydrogen-bond donors (Lipinski definition) is 4. The maximum absolute atomic E-state index is 12.4. The van der Waals surface area contributed by atoms with E-state index in [4.69, 9.17) is 0 Å². The summed E-state index contributed by atoms with van der Waals surface area (Å²) in [5.74, 6) is -0.327. The molecule has 5 heteroatoms. The van der Waals surface area contributed by atoms with Crippen molar-refractivity contribution in [1.29, 1.82) is 0 Å². The quantitative estimate of drug-likeness (QED) is 0.0286. The minimum atomic E-state index is -0.934. The maximum atomic E-state index is 12.4. The average molecular weight is 732 g/mol. The van der Waals surface area contributed by atoms with Crippen LogP contribution in [0.15, 0.2) is 36.5 Å². The largest absolute Gasteiger partial charge is 0.394 e. The summed E-state index contributed by atoms with van der Waals surface area (Å²) in [5, 5.41) is 33.2. The SMILES string of the molecule is CCCCC/C=C\C=C/CCCCCCC(O)CC(=O)NC(CO)C(O)/C=C/CCCCCCCCCCCCCCCCCCCCCCCC. The zero-order valence-corrected chi connectivity index (χ0v) is 34.7. The van der Waals surface area contributed by atoms with E-state index in [0.29, 0.717) is 6.42 Å². The number of unbranched alkanes of at least 4 members (excludes halogenated alkanes) is 29. The predicted octanol–water partition coefficient (Wildman–Crippen LogP) is 13.2. The lowest BCUT2D eigenvalue weighted by Crippen LogP contribution is -2.45. The van der Waals surface area contributed by atoms with Crippen molar-refractivity contribution in [3.8, 4) is 0 Å². The van der Waals surface area contributed by atoms with E-state index in [1.54, 1.807) is 6.08 Å². The van der Waals surface area contributed by atoms with E-state index < -0.39 is 18.2 Å². The summed E-state index contributed by atoms with van der Waals surface area (Å²) in [6, 6.07) is -0.750. The lowest BCUT2D eigenvalue weighted by molar-refractivity contribution is -0.124. The lowest BCUT2D eigenvalue weighted by atomic mass is 10.0. The van der Waals surface area contributed by atoms with Gasteiger partial charge in [-0.15, -0.1) is 0 Å². The number of carbonyl (C=O) groups is 1. The molecular weight excluding hydrogens is 643 g/mol. The predicted molar refractivity (Wildman–Crippen MR) is 227 cm³/mol. The van der Waals surface area contributed by atoms with Crippen LogP contribution in [0.3, 0.4) is 0 Å². The van der Waals surface area contributed by atoms with Crippen LogP contribution >= 0.6 is 0 Å². The van der Waals surface area contributed by atoms with Gasteiger partial charge in [0.2, 0.25) is 5.91 Å². The summed E-state index contributed by atoms with van der Waals surface area (Å²) in [4.78, 5) is 12.4. The second-order valence-electron chi connectivity index (χ2n) is 15.7. The monoisotopic (exact) mass is 732 g/mol. The van der Waals surface area contributed by atoms with Crippen LogP contribution in [-0.4, -0.2) is 46.1 Å². The Morgan fingerprint density at radius 3 is 1.27 bits per heavy atom. The topological polar surface area (TPSA) is 89.8 Å². The van der Waals surface area contributed by atoms with Crippen LogP contribution in [-0.2, 0) is 4.79 Å². The minimum Gasteiger partial charge on any atom is -0.394 e. The van der Waals surface area contributed by atoms with E-state index in [9.17, 15) is 20.1 Å². The minimum absolute atomic E-state index is 0.000260. The first-order valence-corrected chi connectivity index (χ1v) is 22.8. The second kappa shape index (κ2) is 42.3. The molecule has 4 N–H and O–H groups in total. The number of rotatable bonds is 41. The molecule has 52 heavy (non-hydrogen) atoms. The van der Waals surface area contributed by atoms with E-state index >= 15 is 0 Å². The van der Waals surface area contributed by atoms with Gasteiger partial charge in [-0.05, 0) is 44.9 Å². The third-order valence-corrected chi connectivity index (χ3v) is 10.4. The molecule has 0 aromatic heterocycles. The zero-order valence-electron chi connectivity index (χ0n) is 34.7. The molecule has 0 rings (SSSR count). The number of nitrogens with one attached hydrogen (secondary N) is 1. The van der Waals surface area contributed by atoms with Crippen LogP contribution in [0.4, 0.5) is 0 Å². The van der Waals surface area contributed by atoms with E-state index in [0.717, 1.165) is 51.4 Å². The van der Waals surface area contributed by atoms with Crippen LogP contribution in [0, 0.1) is 0 Å². The zero-order chi connectivity index (χ0) is 38.0. The maximum Gasteiger partial charge on any atom is 0.222 e. The smallest absolute Gasteiger partial charge is 0.222 e.